The highest BCUT2D eigenvalue weighted by Crippen LogP contribution is 2.38. The molecule has 1 rings (SSSR count). The van der Waals surface area contributed by atoms with E-state index >= 15 is 0 Å². The van der Waals surface area contributed by atoms with E-state index in [4.69, 9.17) is 14.2 Å². The maximum atomic E-state index is 5.32. The van der Waals surface area contributed by atoms with Crippen molar-refractivity contribution in [3.63, 3.8) is 0 Å². The van der Waals surface area contributed by atoms with Crippen molar-refractivity contribution in [2.45, 2.75) is 25.9 Å². The van der Waals surface area contributed by atoms with E-state index in [0.717, 1.165) is 18.5 Å². The minimum Gasteiger partial charge on any atom is -0.493 e. The van der Waals surface area contributed by atoms with E-state index in [0.29, 0.717) is 23.3 Å². The largest absolute Gasteiger partial charge is 0.493 e. The topological polar surface area (TPSA) is 39.7 Å². The number of rotatable bonds is 8. The van der Waals surface area contributed by atoms with Crippen LogP contribution < -0.4 is 19.5 Å². The summed E-state index contributed by atoms with van der Waals surface area (Å²) in [6.45, 7) is 6.60. The molecule has 0 radical (unpaired) electrons. The first-order valence-corrected chi connectivity index (χ1v) is 6.29. The molecule has 0 aliphatic heterocycles. The molecule has 0 saturated heterocycles. The molecule has 106 valence electrons. The molecule has 4 nitrogen and oxygen atoms in total. The maximum absolute atomic E-state index is 5.32. The summed E-state index contributed by atoms with van der Waals surface area (Å²) in [5.74, 6) is 1.97. The molecular weight excluding hydrogens is 242 g/mol. The fourth-order valence-corrected chi connectivity index (χ4v) is 1.86. The first-order chi connectivity index (χ1) is 9.15. The van der Waals surface area contributed by atoms with Gasteiger partial charge in [-0.25, -0.2) is 0 Å². The highest BCUT2D eigenvalue weighted by molar-refractivity contribution is 5.53. The standard InChI is InChI=1S/C15H23NO3/c1-6-7-11(2)16-10-12-8-13(17-3)15(19-5)14(9-12)18-4/h6,8-9,11,16H,1,7,10H2,2-5H3. The van der Waals surface area contributed by atoms with Gasteiger partial charge in [-0.3, -0.25) is 0 Å². The van der Waals surface area contributed by atoms with Crippen LogP contribution in [0.4, 0.5) is 0 Å². The normalized spacial score (nSPS) is 11.8. The minimum absolute atomic E-state index is 0.386. The van der Waals surface area contributed by atoms with Gasteiger partial charge in [0, 0.05) is 12.6 Å². The van der Waals surface area contributed by atoms with Crippen LogP contribution in [0.1, 0.15) is 18.9 Å². The molecule has 0 aromatic heterocycles. The molecule has 0 saturated carbocycles. The molecule has 1 unspecified atom stereocenters. The highest BCUT2D eigenvalue weighted by atomic mass is 16.5. The lowest BCUT2D eigenvalue weighted by molar-refractivity contribution is 0.323. The zero-order valence-corrected chi connectivity index (χ0v) is 12.2. The third kappa shape index (κ3) is 4.17. The van der Waals surface area contributed by atoms with Crippen LogP contribution in [0.15, 0.2) is 24.8 Å². The van der Waals surface area contributed by atoms with Crippen molar-refractivity contribution in [2.75, 3.05) is 21.3 Å². The van der Waals surface area contributed by atoms with E-state index in [1.807, 2.05) is 18.2 Å². The zero-order chi connectivity index (χ0) is 14.3. The third-order valence-electron chi connectivity index (χ3n) is 2.90. The number of hydrogen-bond donors (Lipinski definition) is 1. The Hall–Kier alpha value is -1.68. The predicted molar refractivity (Wildman–Crippen MR) is 77.2 cm³/mol. The Bertz CT molecular complexity index is 393. The molecule has 0 aliphatic rings. The Morgan fingerprint density at radius 2 is 1.74 bits per heavy atom. The molecule has 19 heavy (non-hydrogen) atoms. The van der Waals surface area contributed by atoms with Gasteiger partial charge in [0.1, 0.15) is 0 Å². The van der Waals surface area contributed by atoms with Crippen molar-refractivity contribution in [3.05, 3.63) is 30.4 Å². The van der Waals surface area contributed by atoms with E-state index in [1.165, 1.54) is 0 Å². The van der Waals surface area contributed by atoms with Gasteiger partial charge in [0.2, 0.25) is 5.75 Å². The lowest BCUT2D eigenvalue weighted by Crippen LogP contribution is -2.24. The van der Waals surface area contributed by atoms with Crippen LogP contribution in [0.25, 0.3) is 0 Å². The Labute approximate surface area is 115 Å². The second kappa shape index (κ2) is 7.69. The summed E-state index contributed by atoms with van der Waals surface area (Å²) in [5.41, 5.74) is 1.09. The van der Waals surface area contributed by atoms with Crippen LogP contribution in [0.2, 0.25) is 0 Å². The van der Waals surface area contributed by atoms with Crippen LogP contribution in [0, 0.1) is 0 Å². The van der Waals surface area contributed by atoms with Gasteiger partial charge in [-0.2, -0.15) is 0 Å². The molecule has 1 N–H and O–H groups in total. The summed E-state index contributed by atoms with van der Waals surface area (Å²) < 4.78 is 15.9. The Morgan fingerprint density at radius 1 is 1.16 bits per heavy atom. The molecule has 0 heterocycles. The minimum atomic E-state index is 0.386. The van der Waals surface area contributed by atoms with E-state index in [1.54, 1.807) is 21.3 Å². The molecular formula is C15H23NO3. The van der Waals surface area contributed by atoms with Crippen LogP contribution in [0.3, 0.4) is 0 Å². The Morgan fingerprint density at radius 3 is 2.16 bits per heavy atom. The van der Waals surface area contributed by atoms with Gasteiger partial charge < -0.3 is 19.5 Å². The quantitative estimate of drug-likeness (QED) is 0.734. The molecule has 1 aromatic carbocycles. The number of nitrogens with one attached hydrogen (secondary N) is 1. The number of hydrogen-bond acceptors (Lipinski definition) is 4. The fourth-order valence-electron chi connectivity index (χ4n) is 1.86. The molecule has 4 heteroatoms. The molecule has 0 fully saturated rings. The summed E-state index contributed by atoms with van der Waals surface area (Å²) >= 11 is 0. The highest BCUT2D eigenvalue weighted by Gasteiger charge is 2.13. The summed E-state index contributed by atoms with van der Waals surface area (Å²) in [7, 11) is 4.84. The van der Waals surface area contributed by atoms with Crippen LogP contribution in [-0.2, 0) is 6.54 Å². The van der Waals surface area contributed by atoms with Gasteiger partial charge in [-0.1, -0.05) is 6.08 Å². The van der Waals surface area contributed by atoms with E-state index < -0.39 is 0 Å². The van der Waals surface area contributed by atoms with Crippen molar-refractivity contribution < 1.29 is 14.2 Å². The van der Waals surface area contributed by atoms with Crippen LogP contribution in [0.5, 0.6) is 17.2 Å². The number of methoxy groups -OCH3 is 3. The van der Waals surface area contributed by atoms with Crippen molar-refractivity contribution >= 4 is 0 Å². The average Bonchev–Trinajstić information content (AvgIpc) is 2.44. The van der Waals surface area contributed by atoms with Gasteiger partial charge in [-0.05, 0) is 31.0 Å². The number of ether oxygens (including phenoxy) is 3. The SMILES string of the molecule is C=CCC(C)NCc1cc(OC)c(OC)c(OC)c1. The average molecular weight is 265 g/mol. The summed E-state index contributed by atoms with van der Waals surface area (Å²) in [5, 5.41) is 3.42. The van der Waals surface area contributed by atoms with Crippen LogP contribution >= 0.6 is 0 Å². The Kier molecular flexibility index (Phi) is 6.22. The summed E-state index contributed by atoms with van der Waals surface area (Å²) in [4.78, 5) is 0. The van der Waals surface area contributed by atoms with E-state index in [2.05, 4.69) is 18.8 Å². The Balaban J connectivity index is 2.87. The molecule has 0 bridgehead atoms. The van der Waals surface area contributed by atoms with Gasteiger partial charge in [0.15, 0.2) is 11.5 Å². The molecule has 1 atom stereocenters. The van der Waals surface area contributed by atoms with Crippen molar-refractivity contribution in [1.29, 1.82) is 0 Å². The molecule has 0 amide bonds. The fraction of sp³-hybridized carbons (Fsp3) is 0.467. The van der Waals surface area contributed by atoms with E-state index in [9.17, 15) is 0 Å². The summed E-state index contributed by atoms with van der Waals surface area (Å²) in [6, 6.07) is 4.29. The second-order valence-corrected chi connectivity index (χ2v) is 4.34. The predicted octanol–water partition coefficient (Wildman–Crippen LogP) is 2.77. The molecule has 0 aliphatic carbocycles. The third-order valence-corrected chi connectivity index (χ3v) is 2.90. The van der Waals surface area contributed by atoms with Crippen molar-refractivity contribution in [3.8, 4) is 17.2 Å². The first-order valence-electron chi connectivity index (χ1n) is 6.29. The molecule has 0 spiro atoms. The van der Waals surface area contributed by atoms with Gasteiger partial charge in [0.05, 0.1) is 21.3 Å². The van der Waals surface area contributed by atoms with E-state index in [-0.39, 0.29) is 0 Å². The zero-order valence-electron chi connectivity index (χ0n) is 12.2. The smallest absolute Gasteiger partial charge is 0.203 e. The van der Waals surface area contributed by atoms with Crippen molar-refractivity contribution in [1.82, 2.24) is 5.32 Å². The van der Waals surface area contributed by atoms with Gasteiger partial charge in [-0.15, -0.1) is 6.58 Å². The van der Waals surface area contributed by atoms with Crippen LogP contribution in [-0.4, -0.2) is 27.4 Å². The lowest BCUT2D eigenvalue weighted by atomic mass is 10.1. The number of benzene rings is 1. The van der Waals surface area contributed by atoms with Gasteiger partial charge >= 0.3 is 0 Å². The van der Waals surface area contributed by atoms with Gasteiger partial charge in [0.25, 0.3) is 0 Å². The molecule has 1 aromatic rings. The van der Waals surface area contributed by atoms with Crippen molar-refractivity contribution in [2.24, 2.45) is 0 Å². The maximum Gasteiger partial charge on any atom is 0.203 e. The second-order valence-electron chi connectivity index (χ2n) is 4.34. The monoisotopic (exact) mass is 265 g/mol. The lowest BCUT2D eigenvalue weighted by Gasteiger charge is -2.16. The summed E-state index contributed by atoms with van der Waals surface area (Å²) in [6.07, 6.45) is 2.84. The first kappa shape index (κ1) is 15.4.